The number of rotatable bonds is 6. The zero-order valence-electron chi connectivity index (χ0n) is 9.69. The Bertz CT molecular complexity index is 328. The smallest absolute Gasteiger partial charge is 0.310 e. The van der Waals surface area contributed by atoms with Crippen LogP contribution in [0.4, 0.5) is 0 Å². The number of carbonyl (C=O) groups is 1. The standard InChI is InChI=1S/C14H18O2/c1-2-3-4-8-11-16-14(15)12-13-9-6-5-7-10-13/h3-7,9-10H,2,8,11-12H2,1H3/b4-3-. The molecule has 0 saturated carbocycles. The van der Waals surface area contributed by atoms with Gasteiger partial charge in [0.15, 0.2) is 0 Å². The fraction of sp³-hybridized carbons (Fsp3) is 0.357. The molecule has 86 valence electrons. The van der Waals surface area contributed by atoms with Gasteiger partial charge in [0.25, 0.3) is 0 Å². The van der Waals surface area contributed by atoms with Crippen molar-refractivity contribution >= 4 is 5.97 Å². The average Bonchev–Trinajstić information content (AvgIpc) is 2.30. The molecule has 0 saturated heterocycles. The Hall–Kier alpha value is -1.57. The van der Waals surface area contributed by atoms with E-state index >= 15 is 0 Å². The molecule has 0 fully saturated rings. The zero-order chi connectivity index (χ0) is 11.6. The third kappa shape index (κ3) is 5.35. The third-order valence-corrected chi connectivity index (χ3v) is 2.14. The van der Waals surface area contributed by atoms with Crippen LogP contribution in [0.15, 0.2) is 42.5 Å². The molecule has 0 unspecified atom stereocenters. The Morgan fingerprint density at radius 3 is 2.69 bits per heavy atom. The van der Waals surface area contributed by atoms with Crippen molar-refractivity contribution in [2.45, 2.75) is 26.2 Å². The Kier molecular flexibility index (Phi) is 6.00. The van der Waals surface area contributed by atoms with Crippen LogP contribution in [0.25, 0.3) is 0 Å². The average molecular weight is 218 g/mol. The fourth-order valence-corrected chi connectivity index (χ4v) is 1.34. The number of esters is 1. The van der Waals surface area contributed by atoms with Gasteiger partial charge in [0.05, 0.1) is 13.0 Å². The molecular formula is C14H18O2. The summed E-state index contributed by atoms with van der Waals surface area (Å²) in [5, 5.41) is 0. The van der Waals surface area contributed by atoms with Gasteiger partial charge in [-0.1, -0.05) is 49.4 Å². The summed E-state index contributed by atoms with van der Waals surface area (Å²) < 4.78 is 5.10. The second-order valence-electron chi connectivity index (χ2n) is 3.55. The van der Waals surface area contributed by atoms with Gasteiger partial charge in [-0.2, -0.15) is 0 Å². The molecule has 1 aromatic rings. The predicted octanol–water partition coefficient (Wildman–Crippen LogP) is 3.13. The van der Waals surface area contributed by atoms with Gasteiger partial charge in [0.1, 0.15) is 0 Å². The second kappa shape index (κ2) is 7.69. The topological polar surface area (TPSA) is 26.3 Å². The molecule has 0 bridgehead atoms. The van der Waals surface area contributed by atoms with Gasteiger partial charge in [-0.05, 0) is 18.4 Å². The summed E-state index contributed by atoms with van der Waals surface area (Å²) in [6.07, 6.45) is 6.30. The number of hydrogen-bond acceptors (Lipinski definition) is 2. The van der Waals surface area contributed by atoms with Crippen molar-refractivity contribution in [2.24, 2.45) is 0 Å². The quantitative estimate of drug-likeness (QED) is 0.416. The van der Waals surface area contributed by atoms with E-state index in [2.05, 4.69) is 13.0 Å². The molecule has 0 radical (unpaired) electrons. The van der Waals surface area contributed by atoms with Crippen LogP contribution in [0.2, 0.25) is 0 Å². The van der Waals surface area contributed by atoms with E-state index in [0.29, 0.717) is 13.0 Å². The minimum absolute atomic E-state index is 0.156. The summed E-state index contributed by atoms with van der Waals surface area (Å²) in [7, 11) is 0. The number of benzene rings is 1. The summed E-state index contributed by atoms with van der Waals surface area (Å²) in [5.41, 5.74) is 0.997. The van der Waals surface area contributed by atoms with Gasteiger partial charge >= 0.3 is 5.97 Å². The predicted molar refractivity (Wildman–Crippen MR) is 65.2 cm³/mol. The molecule has 0 aliphatic rings. The van der Waals surface area contributed by atoms with Crippen LogP contribution >= 0.6 is 0 Å². The molecule has 0 aliphatic carbocycles. The molecule has 2 nitrogen and oxygen atoms in total. The first kappa shape index (κ1) is 12.5. The fourth-order valence-electron chi connectivity index (χ4n) is 1.34. The van der Waals surface area contributed by atoms with Crippen molar-refractivity contribution in [3.8, 4) is 0 Å². The molecule has 2 heteroatoms. The number of hydrogen-bond donors (Lipinski definition) is 0. The molecule has 0 aromatic heterocycles. The maximum absolute atomic E-state index is 11.4. The molecule has 0 spiro atoms. The number of allylic oxidation sites excluding steroid dienone is 1. The SMILES string of the molecule is CC/C=C\CCOC(=O)Cc1ccccc1. The van der Waals surface area contributed by atoms with Crippen LogP contribution in [0.5, 0.6) is 0 Å². The first-order valence-corrected chi connectivity index (χ1v) is 5.67. The van der Waals surface area contributed by atoms with E-state index in [1.54, 1.807) is 0 Å². The molecule has 0 amide bonds. The molecule has 0 aliphatic heterocycles. The van der Waals surface area contributed by atoms with Crippen LogP contribution < -0.4 is 0 Å². The van der Waals surface area contributed by atoms with Crippen LogP contribution in [0, 0.1) is 0 Å². The lowest BCUT2D eigenvalue weighted by molar-refractivity contribution is -0.142. The minimum Gasteiger partial charge on any atom is -0.465 e. The normalized spacial score (nSPS) is 10.6. The maximum Gasteiger partial charge on any atom is 0.310 e. The molecule has 0 heterocycles. The molecule has 1 rings (SSSR count). The first-order valence-electron chi connectivity index (χ1n) is 5.67. The van der Waals surface area contributed by atoms with E-state index in [9.17, 15) is 4.79 Å². The van der Waals surface area contributed by atoms with Crippen LogP contribution in [0.1, 0.15) is 25.3 Å². The Balaban J connectivity index is 2.19. The van der Waals surface area contributed by atoms with E-state index in [1.807, 2.05) is 36.4 Å². The second-order valence-corrected chi connectivity index (χ2v) is 3.55. The van der Waals surface area contributed by atoms with E-state index in [-0.39, 0.29) is 5.97 Å². The van der Waals surface area contributed by atoms with Crippen LogP contribution in [-0.2, 0) is 16.0 Å². The molecule has 0 N–H and O–H groups in total. The number of ether oxygens (including phenoxy) is 1. The van der Waals surface area contributed by atoms with Gasteiger partial charge in [-0.25, -0.2) is 0 Å². The van der Waals surface area contributed by atoms with Gasteiger partial charge in [-0.15, -0.1) is 0 Å². The highest BCUT2D eigenvalue weighted by atomic mass is 16.5. The third-order valence-electron chi connectivity index (χ3n) is 2.14. The van der Waals surface area contributed by atoms with Crippen molar-refractivity contribution < 1.29 is 9.53 Å². The van der Waals surface area contributed by atoms with E-state index < -0.39 is 0 Å². The van der Waals surface area contributed by atoms with E-state index in [0.717, 1.165) is 18.4 Å². The van der Waals surface area contributed by atoms with Crippen molar-refractivity contribution in [3.05, 3.63) is 48.0 Å². The summed E-state index contributed by atoms with van der Waals surface area (Å²) in [5.74, 6) is -0.156. The molecular weight excluding hydrogens is 200 g/mol. The zero-order valence-corrected chi connectivity index (χ0v) is 9.69. The number of carbonyl (C=O) groups excluding carboxylic acids is 1. The monoisotopic (exact) mass is 218 g/mol. The molecule has 0 atom stereocenters. The minimum atomic E-state index is -0.156. The van der Waals surface area contributed by atoms with Crippen molar-refractivity contribution in [3.63, 3.8) is 0 Å². The van der Waals surface area contributed by atoms with Gasteiger partial charge < -0.3 is 4.74 Å². The lowest BCUT2D eigenvalue weighted by Crippen LogP contribution is -2.08. The van der Waals surface area contributed by atoms with Gasteiger partial charge in [-0.3, -0.25) is 4.79 Å². The lowest BCUT2D eigenvalue weighted by atomic mass is 10.2. The first-order chi connectivity index (χ1) is 7.83. The summed E-state index contributed by atoms with van der Waals surface area (Å²) in [4.78, 5) is 11.4. The van der Waals surface area contributed by atoms with Crippen molar-refractivity contribution in [1.29, 1.82) is 0 Å². The Morgan fingerprint density at radius 2 is 2.00 bits per heavy atom. The van der Waals surface area contributed by atoms with Crippen LogP contribution in [-0.4, -0.2) is 12.6 Å². The Labute approximate surface area is 96.9 Å². The summed E-state index contributed by atoms with van der Waals surface area (Å²) in [6.45, 7) is 2.56. The van der Waals surface area contributed by atoms with Gasteiger partial charge in [0, 0.05) is 0 Å². The highest BCUT2D eigenvalue weighted by molar-refractivity contribution is 5.72. The van der Waals surface area contributed by atoms with Gasteiger partial charge in [0.2, 0.25) is 0 Å². The summed E-state index contributed by atoms with van der Waals surface area (Å²) >= 11 is 0. The lowest BCUT2D eigenvalue weighted by Gasteiger charge is -2.02. The highest BCUT2D eigenvalue weighted by Crippen LogP contribution is 2.01. The van der Waals surface area contributed by atoms with Crippen molar-refractivity contribution in [2.75, 3.05) is 6.61 Å². The maximum atomic E-state index is 11.4. The molecule has 1 aromatic carbocycles. The summed E-state index contributed by atoms with van der Waals surface area (Å²) in [6, 6.07) is 9.64. The molecule has 16 heavy (non-hydrogen) atoms. The van der Waals surface area contributed by atoms with Crippen LogP contribution in [0.3, 0.4) is 0 Å². The van der Waals surface area contributed by atoms with Crippen molar-refractivity contribution in [1.82, 2.24) is 0 Å². The van der Waals surface area contributed by atoms with E-state index in [4.69, 9.17) is 4.74 Å². The van der Waals surface area contributed by atoms with E-state index in [1.165, 1.54) is 0 Å². The highest BCUT2D eigenvalue weighted by Gasteiger charge is 2.02. The Morgan fingerprint density at radius 1 is 1.25 bits per heavy atom. The largest absolute Gasteiger partial charge is 0.465 e.